The smallest absolute Gasteiger partial charge is 0.268 e. The van der Waals surface area contributed by atoms with Crippen molar-refractivity contribution in [3.05, 3.63) is 109 Å². The van der Waals surface area contributed by atoms with Crippen LogP contribution in [0.3, 0.4) is 0 Å². The number of aliphatic hydroxyl groups excluding tert-OH is 1. The molecule has 0 radical (unpaired) electrons. The highest BCUT2D eigenvalue weighted by Gasteiger charge is 2.24. The van der Waals surface area contributed by atoms with E-state index < -0.39 is 20.0 Å². The Hall–Kier alpha value is -2.84. The Labute approximate surface area is 489 Å². The number of nitrogens with zero attached hydrogens (tertiary/aromatic N) is 1. The average Bonchev–Trinajstić information content (AvgIpc) is 3.42. The molecule has 0 saturated carbocycles. The van der Waals surface area contributed by atoms with E-state index in [4.69, 9.17) is 9.05 Å². The Morgan fingerprint density at radius 3 is 1.13 bits per heavy atom. The number of nitrogens with one attached hydrogen (secondary N) is 1. The molecule has 456 valence electrons. The second-order valence-corrected chi connectivity index (χ2v) is 24.5. The molecule has 0 rings (SSSR count). The van der Waals surface area contributed by atoms with E-state index in [1.807, 2.05) is 21.1 Å². The molecular weight excluding hydrogens is 996 g/mol. The highest BCUT2D eigenvalue weighted by Crippen LogP contribution is 2.38. The topological polar surface area (TPSA) is 108 Å². The number of rotatable bonds is 59. The first-order chi connectivity index (χ1) is 38.5. The number of carbonyl (C=O) groups excluding carboxylic acids is 1. The van der Waals surface area contributed by atoms with Crippen molar-refractivity contribution in [2.24, 2.45) is 0 Å². The summed E-state index contributed by atoms with van der Waals surface area (Å²) in [5.41, 5.74) is 0. The van der Waals surface area contributed by atoms with Crippen molar-refractivity contribution in [3.8, 4) is 0 Å². The van der Waals surface area contributed by atoms with E-state index in [0.717, 1.165) is 96.3 Å². The largest absolute Gasteiger partial charge is 0.756 e. The second-order valence-electron chi connectivity index (χ2n) is 23.1. The van der Waals surface area contributed by atoms with Crippen LogP contribution in [0, 0.1) is 0 Å². The van der Waals surface area contributed by atoms with Crippen molar-refractivity contribution < 1.29 is 32.9 Å². The minimum absolute atomic E-state index is 0.00791. The number of carbonyl (C=O) groups is 1. The van der Waals surface area contributed by atoms with E-state index in [9.17, 15) is 19.4 Å². The van der Waals surface area contributed by atoms with Gasteiger partial charge in [-0.05, 0) is 83.5 Å². The average molecular weight is 1120 g/mol. The van der Waals surface area contributed by atoms with Crippen molar-refractivity contribution >= 4 is 13.7 Å². The number of aliphatic hydroxyl groups is 1. The third kappa shape index (κ3) is 62.6. The number of hydrogen-bond donors (Lipinski definition) is 2. The maximum absolute atomic E-state index is 13.0. The van der Waals surface area contributed by atoms with E-state index >= 15 is 0 Å². The van der Waals surface area contributed by atoms with Gasteiger partial charge in [-0.2, -0.15) is 0 Å². The number of unbranched alkanes of at least 4 members (excludes halogenated alkanes) is 28. The van der Waals surface area contributed by atoms with Crippen molar-refractivity contribution in [2.75, 3.05) is 40.9 Å². The number of phosphoric ester groups is 1. The monoisotopic (exact) mass is 1120 g/mol. The highest BCUT2D eigenvalue weighted by atomic mass is 31.2. The molecule has 0 heterocycles. The Bertz CT molecular complexity index is 1650. The maximum Gasteiger partial charge on any atom is 0.268 e. The van der Waals surface area contributed by atoms with Crippen molar-refractivity contribution in [3.63, 3.8) is 0 Å². The van der Waals surface area contributed by atoms with Gasteiger partial charge in [-0.25, -0.2) is 0 Å². The molecule has 8 nitrogen and oxygen atoms in total. The normalized spacial score (nSPS) is 14.5. The molecule has 0 aromatic rings. The van der Waals surface area contributed by atoms with Crippen LogP contribution < -0.4 is 10.2 Å². The summed E-state index contributed by atoms with van der Waals surface area (Å²) in [6.07, 6.45) is 87.1. The van der Waals surface area contributed by atoms with Crippen LogP contribution in [0.1, 0.15) is 277 Å². The molecule has 0 fully saturated rings. The summed E-state index contributed by atoms with van der Waals surface area (Å²) in [7, 11) is 1.30. The fourth-order valence-electron chi connectivity index (χ4n) is 9.21. The molecule has 3 atom stereocenters. The second kappa shape index (κ2) is 59.8. The van der Waals surface area contributed by atoms with Gasteiger partial charge in [0.2, 0.25) is 5.91 Å². The van der Waals surface area contributed by atoms with Crippen LogP contribution in [-0.2, 0) is 18.4 Å². The minimum Gasteiger partial charge on any atom is -0.756 e. The van der Waals surface area contributed by atoms with Gasteiger partial charge in [-0.3, -0.25) is 9.36 Å². The third-order valence-electron chi connectivity index (χ3n) is 14.3. The molecular formula is C70H125N2O6P. The number of hydrogen-bond acceptors (Lipinski definition) is 6. The minimum atomic E-state index is -4.58. The molecule has 0 aromatic carbocycles. The zero-order valence-corrected chi connectivity index (χ0v) is 52.9. The van der Waals surface area contributed by atoms with Crippen LogP contribution in [0.5, 0.6) is 0 Å². The molecule has 0 aromatic heterocycles. The van der Waals surface area contributed by atoms with Crippen LogP contribution in [0.25, 0.3) is 0 Å². The van der Waals surface area contributed by atoms with E-state index in [1.54, 1.807) is 0 Å². The zero-order chi connectivity index (χ0) is 57.7. The van der Waals surface area contributed by atoms with Gasteiger partial charge < -0.3 is 28.8 Å². The first-order valence-corrected chi connectivity index (χ1v) is 34.2. The first-order valence-electron chi connectivity index (χ1n) is 32.7. The van der Waals surface area contributed by atoms with Crippen LogP contribution in [-0.4, -0.2) is 68.5 Å². The van der Waals surface area contributed by atoms with Crippen LogP contribution in [0.4, 0.5) is 0 Å². The van der Waals surface area contributed by atoms with Gasteiger partial charge in [0, 0.05) is 6.42 Å². The number of phosphoric acid groups is 1. The maximum atomic E-state index is 13.0. The van der Waals surface area contributed by atoms with Gasteiger partial charge in [0.25, 0.3) is 7.82 Å². The molecule has 3 unspecified atom stereocenters. The summed E-state index contributed by atoms with van der Waals surface area (Å²) in [4.78, 5) is 25.6. The van der Waals surface area contributed by atoms with E-state index in [-0.39, 0.29) is 19.1 Å². The Balaban J connectivity index is 4.07. The van der Waals surface area contributed by atoms with Crippen molar-refractivity contribution in [1.29, 1.82) is 0 Å². The summed E-state index contributed by atoms with van der Waals surface area (Å²) in [6.45, 7) is 4.62. The summed E-state index contributed by atoms with van der Waals surface area (Å²) in [6, 6.07) is -0.809. The van der Waals surface area contributed by atoms with Crippen molar-refractivity contribution in [2.45, 2.75) is 289 Å². The Kier molecular flexibility index (Phi) is 57.6. The first kappa shape index (κ1) is 76.2. The van der Waals surface area contributed by atoms with E-state index in [2.05, 4.69) is 129 Å². The third-order valence-corrected chi connectivity index (χ3v) is 15.2. The molecule has 9 heteroatoms. The van der Waals surface area contributed by atoms with Crippen LogP contribution in [0.2, 0.25) is 0 Å². The lowest BCUT2D eigenvalue weighted by molar-refractivity contribution is -0.870. The summed E-state index contributed by atoms with van der Waals surface area (Å²) in [5.74, 6) is -0.170. The quantitative estimate of drug-likeness (QED) is 0.0272. The summed E-state index contributed by atoms with van der Waals surface area (Å²) >= 11 is 0. The number of amides is 1. The fourth-order valence-corrected chi connectivity index (χ4v) is 9.93. The zero-order valence-electron chi connectivity index (χ0n) is 52.0. The van der Waals surface area contributed by atoms with Crippen LogP contribution in [0.15, 0.2) is 109 Å². The molecule has 1 amide bonds. The van der Waals surface area contributed by atoms with Crippen molar-refractivity contribution in [1.82, 2.24) is 5.32 Å². The molecule has 0 aliphatic carbocycles. The summed E-state index contributed by atoms with van der Waals surface area (Å²) in [5, 5.41) is 14.0. The molecule has 0 spiro atoms. The molecule has 79 heavy (non-hydrogen) atoms. The molecule has 0 aliphatic rings. The Morgan fingerprint density at radius 2 is 0.772 bits per heavy atom. The standard InChI is InChI=1S/C70H125N2O6P/c1-6-8-10-12-14-16-18-20-22-24-26-27-28-29-30-31-32-33-34-35-36-37-38-39-40-41-42-43-44-45-46-48-50-52-54-56-58-60-62-64-70(74)71-68(67-78-79(75,76)77-66-65-72(3,4)5)69(73)63-61-59-57-55-53-51-49-47-25-23-21-19-17-15-13-11-9-7-2/h8,10,14,16,20,22,26-27,29-30,32-33,35-36,38-39,41-42,68-69,73H,6-7,9,11-13,15,17-19,21,23-25,28,31,34,37,40,43-67H2,1-5H3,(H-,71,74,75,76)/b10-8-,16-14-,22-20-,27-26-,30-29-,33-32-,36-35-,39-38-,42-41-. The number of allylic oxidation sites excluding steroid dienone is 18. The fraction of sp³-hybridized carbons (Fsp3) is 0.729. The van der Waals surface area contributed by atoms with Gasteiger partial charge >= 0.3 is 0 Å². The number of likely N-dealkylation sites (N-methyl/N-ethyl adjacent to an activating group) is 1. The Morgan fingerprint density at radius 1 is 0.456 bits per heavy atom. The van der Waals surface area contributed by atoms with E-state index in [0.29, 0.717) is 23.9 Å². The molecule has 0 bridgehead atoms. The predicted octanol–water partition coefficient (Wildman–Crippen LogP) is 20.1. The van der Waals surface area contributed by atoms with Gasteiger partial charge in [-0.15, -0.1) is 0 Å². The lowest BCUT2D eigenvalue weighted by Crippen LogP contribution is -2.46. The van der Waals surface area contributed by atoms with Gasteiger partial charge in [0.1, 0.15) is 13.2 Å². The van der Waals surface area contributed by atoms with Gasteiger partial charge in [0.05, 0.1) is 39.9 Å². The van der Waals surface area contributed by atoms with Gasteiger partial charge in [-0.1, -0.05) is 297 Å². The predicted molar refractivity (Wildman–Crippen MR) is 343 cm³/mol. The lowest BCUT2D eigenvalue weighted by Gasteiger charge is -2.30. The molecule has 0 aliphatic heterocycles. The molecule has 0 saturated heterocycles. The van der Waals surface area contributed by atoms with E-state index in [1.165, 1.54) is 154 Å². The van der Waals surface area contributed by atoms with Crippen LogP contribution >= 0.6 is 7.82 Å². The lowest BCUT2D eigenvalue weighted by atomic mass is 10.0. The summed E-state index contributed by atoms with van der Waals surface area (Å²) < 4.78 is 23.5. The highest BCUT2D eigenvalue weighted by molar-refractivity contribution is 7.45. The SMILES string of the molecule is CC/C=C\C/C=C\C/C=C\C/C=C\C/C=C\C/C=C\C/C=C\C/C=C\C/C=C\CCCCCCCCCCCCCC(=O)NC(COP(=O)([O-])OCC[N+](C)(C)C)C(O)CCCCCCCCCCCCCCCCCCCC. The molecule has 2 N–H and O–H groups in total. The van der Waals surface area contributed by atoms with Gasteiger partial charge in [0.15, 0.2) is 0 Å². The number of quaternary nitrogens is 1.